The summed E-state index contributed by atoms with van der Waals surface area (Å²) in [5.74, 6) is 0.762. The van der Waals surface area contributed by atoms with Gasteiger partial charge in [-0.1, -0.05) is 6.92 Å². The van der Waals surface area contributed by atoms with Crippen molar-refractivity contribution in [2.45, 2.75) is 64.5 Å². The van der Waals surface area contributed by atoms with Crippen molar-refractivity contribution in [3.8, 4) is 0 Å². The lowest BCUT2D eigenvalue weighted by Crippen LogP contribution is -2.58. The van der Waals surface area contributed by atoms with Gasteiger partial charge in [0.25, 0.3) is 0 Å². The van der Waals surface area contributed by atoms with Crippen molar-refractivity contribution in [3.05, 3.63) is 0 Å². The Morgan fingerprint density at radius 3 is 2.50 bits per heavy atom. The molecule has 0 aromatic heterocycles. The third kappa shape index (κ3) is 4.74. The highest BCUT2D eigenvalue weighted by Gasteiger charge is 2.41. The maximum absolute atomic E-state index is 12.4. The predicted octanol–water partition coefficient (Wildman–Crippen LogP) is 2.18. The Bertz CT molecular complexity index is 326. The van der Waals surface area contributed by atoms with Gasteiger partial charge in [0, 0.05) is 19.1 Å². The van der Waals surface area contributed by atoms with Crippen LogP contribution in [0.2, 0.25) is 0 Å². The van der Waals surface area contributed by atoms with E-state index in [1.807, 2.05) is 13.8 Å². The Labute approximate surface area is 123 Å². The van der Waals surface area contributed by atoms with E-state index in [4.69, 9.17) is 4.74 Å². The molecule has 2 rings (SSSR count). The molecule has 0 spiro atoms. The van der Waals surface area contributed by atoms with Gasteiger partial charge in [0.05, 0.1) is 6.61 Å². The highest BCUT2D eigenvalue weighted by atomic mass is 16.5. The molecule has 0 aromatic carbocycles. The molecule has 0 bridgehead atoms. The SMILES string of the molecule is CCCN(CC1CC1)CC(C)(NC1CC1)C(=O)OCC. The molecule has 0 aromatic rings. The van der Waals surface area contributed by atoms with Crippen LogP contribution in [0.3, 0.4) is 0 Å². The number of nitrogens with zero attached hydrogens (tertiary/aromatic N) is 1. The van der Waals surface area contributed by atoms with Gasteiger partial charge in [-0.2, -0.15) is 0 Å². The first kappa shape index (κ1) is 15.8. The van der Waals surface area contributed by atoms with Crippen LogP contribution in [-0.4, -0.2) is 48.7 Å². The number of hydrogen-bond donors (Lipinski definition) is 1. The first-order chi connectivity index (χ1) is 9.57. The van der Waals surface area contributed by atoms with Gasteiger partial charge in [0.1, 0.15) is 5.54 Å². The van der Waals surface area contributed by atoms with Gasteiger partial charge in [-0.25, -0.2) is 0 Å². The minimum Gasteiger partial charge on any atom is -0.465 e. The molecule has 4 nitrogen and oxygen atoms in total. The van der Waals surface area contributed by atoms with Crippen LogP contribution in [0, 0.1) is 5.92 Å². The van der Waals surface area contributed by atoms with Gasteiger partial charge in [-0.05, 0) is 58.4 Å². The Morgan fingerprint density at radius 1 is 1.30 bits per heavy atom. The largest absolute Gasteiger partial charge is 0.465 e. The topological polar surface area (TPSA) is 41.6 Å². The van der Waals surface area contributed by atoms with E-state index in [-0.39, 0.29) is 5.97 Å². The van der Waals surface area contributed by atoms with E-state index in [1.165, 1.54) is 25.7 Å². The number of carbonyl (C=O) groups excluding carboxylic acids is 1. The number of carbonyl (C=O) groups is 1. The molecule has 1 atom stereocenters. The first-order valence-electron chi connectivity index (χ1n) is 8.24. The average Bonchev–Trinajstić information content (AvgIpc) is 3.26. The summed E-state index contributed by atoms with van der Waals surface area (Å²) in [5, 5.41) is 3.52. The van der Waals surface area contributed by atoms with Gasteiger partial charge in [-0.15, -0.1) is 0 Å². The summed E-state index contributed by atoms with van der Waals surface area (Å²) in [4.78, 5) is 14.8. The summed E-state index contributed by atoms with van der Waals surface area (Å²) in [6, 6.07) is 0.508. The van der Waals surface area contributed by atoms with Crippen molar-refractivity contribution in [1.29, 1.82) is 0 Å². The molecular formula is C16H30N2O2. The Balaban J connectivity index is 1.96. The third-order valence-electron chi connectivity index (χ3n) is 4.12. The van der Waals surface area contributed by atoms with Crippen LogP contribution in [0.25, 0.3) is 0 Å². The molecular weight excluding hydrogens is 252 g/mol. The molecule has 0 aliphatic heterocycles. The molecule has 0 amide bonds. The maximum Gasteiger partial charge on any atom is 0.327 e. The summed E-state index contributed by atoms with van der Waals surface area (Å²) in [7, 11) is 0. The Hall–Kier alpha value is -0.610. The van der Waals surface area contributed by atoms with E-state index in [0.29, 0.717) is 12.6 Å². The lowest BCUT2D eigenvalue weighted by Gasteiger charge is -2.34. The monoisotopic (exact) mass is 282 g/mol. The zero-order valence-corrected chi connectivity index (χ0v) is 13.3. The maximum atomic E-state index is 12.4. The zero-order chi connectivity index (χ0) is 14.6. The van der Waals surface area contributed by atoms with Crippen molar-refractivity contribution in [2.24, 2.45) is 5.92 Å². The van der Waals surface area contributed by atoms with E-state index >= 15 is 0 Å². The smallest absolute Gasteiger partial charge is 0.327 e. The van der Waals surface area contributed by atoms with Crippen molar-refractivity contribution in [3.63, 3.8) is 0 Å². The highest BCUT2D eigenvalue weighted by molar-refractivity contribution is 5.80. The zero-order valence-electron chi connectivity index (χ0n) is 13.3. The second-order valence-corrected chi connectivity index (χ2v) is 6.65. The molecule has 2 fully saturated rings. The third-order valence-corrected chi connectivity index (χ3v) is 4.12. The summed E-state index contributed by atoms with van der Waals surface area (Å²) in [5.41, 5.74) is -0.554. The highest BCUT2D eigenvalue weighted by Crippen LogP contribution is 2.31. The van der Waals surface area contributed by atoms with E-state index < -0.39 is 5.54 Å². The summed E-state index contributed by atoms with van der Waals surface area (Å²) >= 11 is 0. The van der Waals surface area contributed by atoms with E-state index in [2.05, 4.69) is 17.1 Å². The van der Waals surface area contributed by atoms with Gasteiger partial charge < -0.3 is 9.64 Å². The van der Waals surface area contributed by atoms with E-state index in [1.54, 1.807) is 0 Å². The molecule has 116 valence electrons. The molecule has 20 heavy (non-hydrogen) atoms. The van der Waals surface area contributed by atoms with Crippen LogP contribution in [0.1, 0.15) is 52.9 Å². The van der Waals surface area contributed by atoms with Crippen LogP contribution in [0.4, 0.5) is 0 Å². The van der Waals surface area contributed by atoms with Crippen LogP contribution >= 0.6 is 0 Å². The Morgan fingerprint density at radius 2 is 2.00 bits per heavy atom. The molecule has 0 radical (unpaired) electrons. The second kappa shape index (κ2) is 6.90. The van der Waals surface area contributed by atoms with Gasteiger partial charge in [0.15, 0.2) is 0 Å². The van der Waals surface area contributed by atoms with Crippen molar-refractivity contribution in [2.75, 3.05) is 26.2 Å². The molecule has 2 aliphatic carbocycles. The molecule has 1 N–H and O–H groups in total. The standard InChI is InChI=1S/C16H30N2O2/c1-4-10-18(11-13-6-7-13)12-16(3,15(19)20-5-2)17-14-8-9-14/h13-14,17H,4-12H2,1-3H3. The molecule has 1 unspecified atom stereocenters. The molecule has 2 saturated carbocycles. The van der Waals surface area contributed by atoms with Crippen molar-refractivity contribution >= 4 is 5.97 Å². The molecule has 0 saturated heterocycles. The summed E-state index contributed by atoms with van der Waals surface area (Å²) in [6.07, 6.45) is 6.21. The molecule has 2 aliphatic rings. The quantitative estimate of drug-likeness (QED) is 0.624. The average molecular weight is 282 g/mol. The lowest BCUT2D eigenvalue weighted by atomic mass is 10.0. The van der Waals surface area contributed by atoms with E-state index in [0.717, 1.165) is 32.0 Å². The van der Waals surface area contributed by atoms with Gasteiger partial charge >= 0.3 is 5.97 Å². The van der Waals surface area contributed by atoms with Gasteiger partial charge in [0.2, 0.25) is 0 Å². The summed E-state index contributed by atoms with van der Waals surface area (Å²) < 4.78 is 5.31. The van der Waals surface area contributed by atoms with E-state index in [9.17, 15) is 4.79 Å². The van der Waals surface area contributed by atoms with Crippen molar-refractivity contribution in [1.82, 2.24) is 10.2 Å². The number of nitrogens with one attached hydrogen (secondary N) is 1. The fraction of sp³-hybridized carbons (Fsp3) is 0.938. The van der Waals surface area contributed by atoms with Crippen LogP contribution in [-0.2, 0) is 9.53 Å². The fourth-order valence-corrected chi connectivity index (χ4v) is 2.80. The minimum absolute atomic E-state index is 0.0937. The number of rotatable bonds is 10. The number of hydrogen-bond acceptors (Lipinski definition) is 4. The Kier molecular flexibility index (Phi) is 5.44. The number of esters is 1. The second-order valence-electron chi connectivity index (χ2n) is 6.65. The van der Waals surface area contributed by atoms with Crippen LogP contribution in [0.15, 0.2) is 0 Å². The minimum atomic E-state index is -0.554. The van der Waals surface area contributed by atoms with Gasteiger partial charge in [-0.3, -0.25) is 10.1 Å². The number of ether oxygens (including phenoxy) is 1. The van der Waals surface area contributed by atoms with Crippen LogP contribution in [0.5, 0.6) is 0 Å². The lowest BCUT2D eigenvalue weighted by molar-refractivity contribution is -0.151. The normalized spacial score (nSPS) is 21.8. The van der Waals surface area contributed by atoms with Crippen LogP contribution < -0.4 is 5.32 Å². The molecule has 4 heteroatoms. The first-order valence-corrected chi connectivity index (χ1v) is 8.24. The molecule has 0 heterocycles. The predicted molar refractivity (Wildman–Crippen MR) is 80.7 cm³/mol. The fourth-order valence-electron chi connectivity index (χ4n) is 2.80. The summed E-state index contributed by atoms with van der Waals surface area (Å²) in [6.45, 7) is 9.52. The van der Waals surface area contributed by atoms with Crippen molar-refractivity contribution < 1.29 is 9.53 Å².